The first-order valence-electron chi connectivity index (χ1n) is 12.3. The average molecular weight is 489 g/mol. The topological polar surface area (TPSA) is 43.8 Å². The Morgan fingerprint density at radius 1 is 0.943 bits per heavy atom. The number of hydrogen-bond donors (Lipinski definition) is 1. The van der Waals surface area contributed by atoms with E-state index in [1.807, 2.05) is 13.8 Å². The molecule has 190 valence electrons. The third kappa shape index (κ3) is 4.73. The summed E-state index contributed by atoms with van der Waals surface area (Å²) in [5.41, 5.74) is -0.625. The molecule has 7 heteroatoms. The molecule has 35 heavy (non-hydrogen) atoms. The molecule has 2 aromatic carbocycles. The number of carbonyl (C=O) groups excluding carboxylic acids is 1. The van der Waals surface area contributed by atoms with Crippen molar-refractivity contribution in [2.45, 2.75) is 51.7 Å². The molecule has 2 aromatic rings. The molecule has 5 atom stereocenters. The largest absolute Gasteiger partial charge is 0.384 e. The number of rotatable bonds is 3. The van der Waals surface area contributed by atoms with Gasteiger partial charge in [-0.1, -0.05) is 32.0 Å². The Morgan fingerprint density at radius 3 is 2.14 bits per heavy atom. The van der Waals surface area contributed by atoms with Crippen molar-refractivity contribution in [1.29, 1.82) is 0 Å². The molecule has 1 N–H and O–H groups in total. The van der Waals surface area contributed by atoms with Crippen LogP contribution in [0.15, 0.2) is 42.5 Å². The monoisotopic (exact) mass is 488 g/mol. The van der Waals surface area contributed by atoms with Crippen molar-refractivity contribution >= 4 is 5.91 Å². The van der Waals surface area contributed by atoms with Gasteiger partial charge in [-0.15, -0.1) is 0 Å². The molecule has 0 radical (unpaired) electrons. The summed E-state index contributed by atoms with van der Waals surface area (Å²) in [6.45, 7) is 11.5. The van der Waals surface area contributed by atoms with Crippen LogP contribution in [0.3, 0.4) is 0 Å². The van der Waals surface area contributed by atoms with E-state index in [2.05, 4.69) is 25.7 Å². The molecule has 0 aromatic heterocycles. The summed E-state index contributed by atoms with van der Waals surface area (Å²) in [5.74, 6) is -3.35. The lowest BCUT2D eigenvalue weighted by atomic mass is 9.70. The van der Waals surface area contributed by atoms with Gasteiger partial charge < -0.3 is 10.0 Å². The van der Waals surface area contributed by atoms with Crippen molar-refractivity contribution in [3.8, 4) is 0 Å². The van der Waals surface area contributed by atoms with Gasteiger partial charge >= 0.3 is 0 Å². The van der Waals surface area contributed by atoms with E-state index in [4.69, 9.17) is 0 Å². The van der Waals surface area contributed by atoms with E-state index in [-0.39, 0.29) is 23.3 Å². The second-order valence-corrected chi connectivity index (χ2v) is 11.3. The minimum Gasteiger partial charge on any atom is -0.384 e. The Labute approximate surface area is 205 Å². The van der Waals surface area contributed by atoms with E-state index in [9.17, 15) is 23.1 Å². The van der Waals surface area contributed by atoms with Crippen molar-refractivity contribution in [2.75, 3.05) is 26.2 Å². The lowest BCUT2D eigenvalue weighted by Crippen LogP contribution is -2.57. The first-order chi connectivity index (χ1) is 16.3. The molecule has 2 heterocycles. The van der Waals surface area contributed by atoms with Crippen molar-refractivity contribution < 1.29 is 23.1 Å². The fourth-order valence-corrected chi connectivity index (χ4v) is 5.94. The van der Waals surface area contributed by atoms with Gasteiger partial charge in [0.2, 0.25) is 5.91 Å². The molecule has 0 saturated carbocycles. The highest BCUT2D eigenvalue weighted by Crippen LogP contribution is 2.44. The van der Waals surface area contributed by atoms with Crippen LogP contribution in [0, 0.1) is 35.2 Å². The zero-order valence-corrected chi connectivity index (χ0v) is 21.1. The maximum atomic E-state index is 14.8. The zero-order valence-electron chi connectivity index (χ0n) is 21.1. The number of carbonyl (C=O) groups is 1. The molecule has 2 saturated heterocycles. The normalized spacial score (nSPS) is 30.0. The predicted octanol–water partition coefficient (Wildman–Crippen LogP) is 4.92. The summed E-state index contributed by atoms with van der Waals surface area (Å²) in [6.07, 6.45) is 0. The molecular weight excluding hydrogens is 453 g/mol. The van der Waals surface area contributed by atoms with Gasteiger partial charge in [-0.25, -0.2) is 13.2 Å². The predicted molar refractivity (Wildman–Crippen MR) is 129 cm³/mol. The standard InChI is InChI=1S/C28H35F3N2O2/c1-17-13-32(14-18(2)28(17,35)19-7-6-8-20(29)11-19)26(34)24-16-33(27(3,4)5)15-23(24)22-10-9-21(30)12-25(22)31/h6-12,17-18,23-24,35H,13-16H2,1-5H3/t17-,18+,23-,24+,28?/m0/s1. The number of nitrogens with zero attached hydrogens (tertiary/aromatic N) is 2. The van der Waals surface area contributed by atoms with E-state index in [0.717, 1.165) is 6.07 Å². The van der Waals surface area contributed by atoms with Crippen LogP contribution in [0.5, 0.6) is 0 Å². The minimum atomic E-state index is -1.27. The maximum absolute atomic E-state index is 14.8. The minimum absolute atomic E-state index is 0.0922. The number of amides is 1. The zero-order chi connectivity index (χ0) is 25.7. The third-order valence-electron chi connectivity index (χ3n) is 8.04. The lowest BCUT2D eigenvalue weighted by Gasteiger charge is -2.48. The van der Waals surface area contributed by atoms with Gasteiger partial charge in [-0.2, -0.15) is 0 Å². The van der Waals surface area contributed by atoms with Crippen molar-refractivity contribution in [3.63, 3.8) is 0 Å². The van der Waals surface area contributed by atoms with Gasteiger partial charge in [0.25, 0.3) is 0 Å². The molecule has 0 aliphatic carbocycles. The number of benzene rings is 2. The van der Waals surface area contributed by atoms with E-state index < -0.39 is 34.9 Å². The fourth-order valence-electron chi connectivity index (χ4n) is 5.94. The molecule has 4 nitrogen and oxygen atoms in total. The number of aliphatic hydroxyl groups is 1. The van der Waals surface area contributed by atoms with Gasteiger partial charge in [-0.05, 0) is 50.1 Å². The second-order valence-electron chi connectivity index (χ2n) is 11.3. The van der Waals surface area contributed by atoms with Gasteiger partial charge in [0.1, 0.15) is 17.5 Å². The molecular formula is C28H35F3N2O2. The Hall–Kier alpha value is -2.38. The molecule has 0 spiro atoms. The Kier molecular flexibility index (Phi) is 6.79. The average Bonchev–Trinajstić information content (AvgIpc) is 3.22. The Bertz CT molecular complexity index is 1090. The molecule has 1 amide bonds. The lowest BCUT2D eigenvalue weighted by molar-refractivity contribution is -0.152. The van der Waals surface area contributed by atoms with Crippen LogP contribution in [0.4, 0.5) is 13.2 Å². The second kappa shape index (κ2) is 9.25. The van der Waals surface area contributed by atoms with Crippen LogP contribution in [0.2, 0.25) is 0 Å². The van der Waals surface area contributed by atoms with Crippen molar-refractivity contribution in [3.05, 3.63) is 71.0 Å². The molecule has 0 bridgehead atoms. The van der Waals surface area contributed by atoms with Gasteiger partial charge in [0.05, 0.1) is 11.5 Å². The number of halogens is 3. The van der Waals surface area contributed by atoms with E-state index >= 15 is 0 Å². The van der Waals surface area contributed by atoms with Gasteiger partial charge in [-0.3, -0.25) is 9.69 Å². The van der Waals surface area contributed by atoms with Crippen molar-refractivity contribution in [2.24, 2.45) is 17.8 Å². The van der Waals surface area contributed by atoms with Gasteiger partial charge in [0, 0.05) is 55.5 Å². The summed E-state index contributed by atoms with van der Waals surface area (Å²) in [5, 5.41) is 11.6. The van der Waals surface area contributed by atoms with E-state index in [0.29, 0.717) is 37.3 Å². The Balaban J connectivity index is 1.61. The quantitative estimate of drug-likeness (QED) is 0.667. The van der Waals surface area contributed by atoms with Crippen molar-refractivity contribution in [1.82, 2.24) is 9.80 Å². The first-order valence-corrected chi connectivity index (χ1v) is 12.3. The first kappa shape index (κ1) is 25.7. The highest BCUT2D eigenvalue weighted by Gasteiger charge is 2.50. The number of piperidine rings is 1. The highest BCUT2D eigenvalue weighted by molar-refractivity contribution is 5.81. The summed E-state index contributed by atoms with van der Waals surface area (Å²) < 4.78 is 42.3. The fraction of sp³-hybridized carbons (Fsp3) is 0.536. The summed E-state index contributed by atoms with van der Waals surface area (Å²) >= 11 is 0. The highest BCUT2D eigenvalue weighted by atomic mass is 19.1. The van der Waals surface area contributed by atoms with Crippen LogP contribution in [-0.2, 0) is 10.4 Å². The third-order valence-corrected chi connectivity index (χ3v) is 8.04. The summed E-state index contributed by atoms with van der Waals surface area (Å²) in [4.78, 5) is 17.8. The molecule has 2 fully saturated rings. The maximum Gasteiger partial charge on any atom is 0.227 e. The van der Waals surface area contributed by atoms with E-state index in [1.165, 1.54) is 24.3 Å². The molecule has 2 aliphatic heterocycles. The number of likely N-dealkylation sites (tertiary alicyclic amines) is 2. The summed E-state index contributed by atoms with van der Waals surface area (Å²) in [6, 6.07) is 9.57. The smallest absolute Gasteiger partial charge is 0.227 e. The van der Waals surface area contributed by atoms with Crippen LogP contribution in [-0.4, -0.2) is 52.5 Å². The summed E-state index contributed by atoms with van der Waals surface area (Å²) in [7, 11) is 0. The van der Waals surface area contributed by atoms with Crippen LogP contribution in [0.25, 0.3) is 0 Å². The Morgan fingerprint density at radius 2 is 1.57 bits per heavy atom. The van der Waals surface area contributed by atoms with Crippen LogP contribution in [0.1, 0.15) is 51.7 Å². The van der Waals surface area contributed by atoms with Gasteiger partial charge in [0.15, 0.2) is 0 Å². The molecule has 1 unspecified atom stereocenters. The van der Waals surface area contributed by atoms with E-state index in [1.54, 1.807) is 17.0 Å². The number of hydrogen-bond acceptors (Lipinski definition) is 3. The molecule has 4 rings (SSSR count). The van der Waals surface area contributed by atoms with Crippen LogP contribution >= 0.6 is 0 Å². The SMILES string of the molecule is C[C@@H]1CN(C(=O)[C@@H]2CN(C(C)(C)C)C[C@H]2c2ccc(F)cc2F)C[C@H](C)C1(O)c1cccc(F)c1. The van der Waals surface area contributed by atoms with Crippen LogP contribution < -0.4 is 0 Å². The molecule has 2 aliphatic rings.